The molecule has 1 atom stereocenters. The fourth-order valence-electron chi connectivity index (χ4n) is 3.69. The van der Waals surface area contributed by atoms with Gasteiger partial charge in [-0.3, -0.25) is 9.38 Å². The van der Waals surface area contributed by atoms with Gasteiger partial charge in [0, 0.05) is 18.1 Å². The molecule has 0 saturated heterocycles. The number of nitrogen functional groups attached to an aromatic ring is 1. The molecule has 7 nitrogen and oxygen atoms in total. The van der Waals surface area contributed by atoms with E-state index < -0.39 is 0 Å². The second kappa shape index (κ2) is 6.56. The van der Waals surface area contributed by atoms with Crippen LogP contribution in [0.4, 0.5) is 15.9 Å². The van der Waals surface area contributed by atoms with Crippen molar-refractivity contribution in [2.45, 2.75) is 25.3 Å². The number of rotatable bonds is 3. The number of fused-ring (bicyclic) bond motifs is 2. The minimum atomic E-state index is -0.359. The van der Waals surface area contributed by atoms with E-state index in [1.807, 2.05) is 12.3 Å². The van der Waals surface area contributed by atoms with Crippen molar-refractivity contribution >= 4 is 17.2 Å². The summed E-state index contributed by atoms with van der Waals surface area (Å²) in [7, 11) is 0. The highest BCUT2D eigenvalue weighted by atomic mass is 19.1. The summed E-state index contributed by atoms with van der Waals surface area (Å²) in [5.74, 6) is 0.377. The summed E-state index contributed by atoms with van der Waals surface area (Å²) in [6.45, 7) is 0. The number of aromatic nitrogens is 5. The third-order valence-electron chi connectivity index (χ3n) is 5.05. The Labute approximate surface area is 160 Å². The molecule has 0 aliphatic heterocycles. The van der Waals surface area contributed by atoms with Gasteiger partial charge in [0.05, 0.1) is 24.1 Å². The number of nitrogens with two attached hydrogens (primary N) is 1. The Bertz CT molecular complexity index is 1170. The van der Waals surface area contributed by atoms with Gasteiger partial charge in [0.1, 0.15) is 17.2 Å². The Balaban J connectivity index is 1.47. The van der Waals surface area contributed by atoms with Gasteiger partial charge in [-0.15, -0.1) is 0 Å². The van der Waals surface area contributed by atoms with Gasteiger partial charge in [0.15, 0.2) is 11.6 Å². The lowest BCUT2D eigenvalue weighted by atomic mass is 9.91. The topological polar surface area (TPSA) is 94.0 Å². The van der Waals surface area contributed by atoms with E-state index in [9.17, 15) is 4.39 Å². The van der Waals surface area contributed by atoms with Crippen molar-refractivity contribution < 1.29 is 4.39 Å². The van der Waals surface area contributed by atoms with Crippen LogP contribution in [0.5, 0.6) is 0 Å². The molecule has 1 unspecified atom stereocenters. The average Bonchev–Trinajstić information content (AvgIpc) is 3.13. The molecule has 4 heterocycles. The van der Waals surface area contributed by atoms with E-state index in [1.54, 1.807) is 22.9 Å². The van der Waals surface area contributed by atoms with Gasteiger partial charge in [0.25, 0.3) is 0 Å². The lowest BCUT2D eigenvalue weighted by Gasteiger charge is -2.26. The van der Waals surface area contributed by atoms with Crippen LogP contribution in [-0.2, 0) is 6.42 Å². The molecular formula is C20H18FN7. The number of aryl methyl sites for hydroxylation is 1. The van der Waals surface area contributed by atoms with Gasteiger partial charge < -0.3 is 11.1 Å². The highest BCUT2D eigenvalue weighted by Crippen LogP contribution is 2.32. The summed E-state index contributed by atoms with van der Waals surface area (Å²) in [4.78, 5) is 17.6. The van der Waals surface area contributed by atoms with Crippen molar-refractivity contribution in [2.75, 3.05) is 11.1 Å². The third kappa shape index (κ3) is 2.83. The molecule has 0 fully saturated rings. The van der Waals surface area contributed by atoms with Gasteiger partial charge in [-0.1, -0.05) is 6.07 Å². The Hall–Kier alpha value is -3.55. The first-order chi connectivity index (χ1) is 13.7. The van der Waals surface area contributed by atoms with Gasteiger partial charge in [0.2, 0.25) is 0 Å². The van der Waals surface area contributed by atoms with Crippen LogP contribution in [0.15, 0.2) is 49.1 Å². The van der Waals surface area contributed by atoms with Gasteiger partial charge >= 0.3 is 0 Å². The Kier molecular flexibility index (Phi) is 3.89. The van der Waals surface area contributed by atoms with Crippen molar-refractivity contribution in [3.8, 4) is 11.5 Å². The monoisotopic (exact) mass is 375 g/mol. The third-order valence-corrected chi connectivity index (χ3v) is 5.05. The van der Waals surface area contributed by atoms with Crippen LogP contribution in [0.25, 0.3) is 17.2 Å². The predicted molar refractivity (Wildman–Crippen MR) is 104 cm³/mol. The molecule has 8 heteroatoms. The molecule has 5 rings (SSSR count). The first kappa shape index (κ1) is 16.6. The number of hydrogen-bond acceptors (Lipinski definition) is 6. The smallest absolute Gasteiger partial charge is 0.180 e. The highest BCUT2D eigenvalue weighted by molar-refractivity contribution is 5.66. The zero-order valence-electron chi connectivity index (χ0n) is 15.0. The standard InChI is InChI=1S/C20H18FN7/c21-12-6-7-18-24-10-17(28(18)11-12)20-25-9-16(19(22)27-20)26-15-5-1-4-14-13(15)3-2-8-23-14/h2-3,6-11,15,26H,1,4-5H2,(H2,22,25,27). The molecule has 4 aromatic heterocycles. The largest absolute Gasteiger partial charge is 0.382 e. The van der Waals surface area contributed by atoms with E-state index in [2.05, 4.69) is 31.3 Å². The second-order valence-electron chi connectivity index (χ2n) is 6.84. The molecule has 0 saturated carbocycles. The lowest BCUT2D eigenvalue weighted by molar-refractivity contribution is 0.588. The number of imidazole rings is 1. The number of nitrogens with zero attached hydrogens (tertiary/aromatic N) is 5. The average molecular weight is 375 g/mol. The first-order valence-electron chi connectivity index (χ1n) is 9.15. The molecule has 1 aliphatic carbocycles. The summed E-state index contributed by atoms with van der Waals surface area (Å²) in [6, 6.07) is 7.14. The molecule has 0 spiro atoms. The van der Waals surface area contributed by atoms with Crippen molar-refractivity contribution in [1.82, 2.24) is 24.3 Å². The second-order valence-corrected chi connectivity index (χ2v) is 6.84. The van der Waals surface area contributed by atoms with Crippen LogP contribution in [0.3, 0.4) is 0 Å². The van der Waals surface area contributed by atoms with Crippen LogP contribution in [0, 0.1) is 5.82 Å². The maximum Gasteiger partial charge on any atom is 0.180 e. The van der Waals surface area contributed by atoms with Crippen LogP contribution < -0.4 is 11.1 Å². The van der Waals surface area contributed by atoms with Gasteiger partial charge in [-0.05, 0) is 43.0 Å². The molecule has 0 radical (unpaired) electrons. The molecule has 3 N–H and O–H groups in total. The highest BCUT2D eigenvalue weighted by Gasteiger charge is 2.22. The summed E-state index contributed by atoms with van der Waals surface area (Å²) in [5.41, 5.74) is 10.4. The Morgan fingerprint density at radius 2 is 2.07 bits per heavy atom. The molecule has 0 aromatic carbocycles. The summed E-state index contributed by atoms with van der Waals surface area (Å²) in [5, 5.41) is 3.45. The maximum atomic E-state index is 13.6. The summed E-state index contributed by atoms with van der Waals surface area (Å²) < 4.78 is 15.2. The van der Waals surface area contributed by atoms with Crippen molar-refractivity contribution in [2.24, 2.45) is 0 Å². The number of nitrogens with one attached hydrogen (secondary N) is 1. The minimum absolute atomic E-state index is 0.124. The van der Waals surface area contributed by atoms with Crippen molar-refractivity contribution in [3.63, 3.8) is 0 Å². The number of pyridine rings is 2. The molecule has 4 aromatic rings. The van der Waals surface area contributed by atoms with E-state index in [0.717, 1.165) is 25.0 Å². The van der Waals surface area contributed by atoms with Crippen molar-refractivity contribution in [1.29, 1.82) is 0 Å². The fraction of sp³-hybridized carbons (Fsp3) is 0.200. The van der Waals surface area contributed by atoms with E-state index in [0.29, 0.717) is 28.7 Å². The van der Waals surface area contributed by atoms with Crippen LogP contribution in [-0.4, -0.2) is 24.3 Å². The SMILES string of the molecule is Nc1nc(-c2cnc3ccc(F)cn23)ncc1NC1CCCc2ncccc21. The number of anilines is 2. The quantitative estimate of drug-likeness (QED) is 0.570. The zero-order valence-corrected chi connectivity index (χ0v) is 15.0. The Morgan fingerprint density at radius 3 is 2.96 bits per heavy atom. The maximum absolute atomic E-state index is 13.6. The van der Waals surface area contributed by atoms with E-state index in [1.165, 1.54) is 17.8 Å². The first-order valence-corrected chi connectivity index (χ1v) is 9.15. The van der Waals surface area contributed by atoms with E-state index >= 15 is 0 Å². The fourth-order valence-corrected chi connectivity index (χ4v) is 3.69. The minimum Gasteiger partial charge on any atom is -0.382 e. The summed E-state index contributed by atoms with van der Waals surface area (Å²) >= 11 is 0. The Morgan fingerprint density at radius 1 is 1.14 bits per heavy atom. The van der Waals surface area contributed by atoms with Gasteiger partial charge in [-0.2, -0.15) is 0 Å². The molecule has 140 valence electrons. The predicted octanol–water partition coefficient (Wildman–Crippen LogP) is 3.40. The molecule has 0 amide bonds. The van der Waals surface area contributed by atoms with Crippen LogP contribution in [0.1, 0.15) is 30.1 Å². The zero-order chi connectivity index (χ0) is 19.1. The normalized spacial score (nSPS) is 16.1. The molecule has 1 aliphatic rings. The van der Waals surface area contributed by atoms with Crippen LogP contribution >= 0.6 is 0 Å². The number of halogens is 1. The van der Waals surface area contributed by atoms with Gasteiger partial charge in [-0.25, -0.2) is 19.3 Å². The molecular weight excluding hydrogens is 357 g/mol. The number of hydrogen-bond donors (Lipinski definition) is 2. The lowest BCUT2D eigenvalue weighted by Crippen LogP contribution is -2.19. The van der Waals surface area contributed by atoms with E-state index in [4.69, 9.17) is 5.73 Å². The summed E-state index contributed by atoms with van der Waals surface area (Å²) in [6.07, 6.45) is 9.51. The molecule has 28 heavy (non-hydrogen) atoms. The van der Waals surface area contributed by atoms with Crippen molar-refractivity contribution in [3.05, 3.63) is 66.1 Å². The van der Waals surface area contributed by atoms with E-state index in [-0.39, 0.29) is 11.9 Å². The molecule has 0 bridgehead atoms. The van der Waals surface area contributed by atoms with Crippen LogP contribution in [0.2, 0.25) is 0 Å².